The number of hydrogen-bond acceptors (Lipinski definition) is 4. The first-order valence-electron chi connectivity index (χ1n) is 11.3. The van der Waals surface area contributed by atoms with Crippen LogP contribution in [0.5, 0.6) is 0 Å². The van der Waals surface area contributed by atoms with E-state index in [1.807, 2.05) is 0 Å². The van der Waals surface area contributed by atoms with Gasteiger partial charge >= 0.3 is 0 Å². The summed E-state index contributed by atoms with van der Waals surface area (Å²) in [5, 5.41) is 0. The highest BCUT2D eigenvalue weighted by atomic mass is 28.4. The van der Waals surface area contributed by atoms with E-state index in [4.69, 9.17) is 9.47 Å². The molecule has 0 spiro atoms. The van der Waals surface area contributed by atoms with Crippen LogP contribution in [0.1, 0.15) is 12.8 Å². The van der Waals surface area contributed by atoms with Gasteiger partial charge in [-0.3, -0.25) is 0 Å². The van der Waals surface area contributed by atoms with Crippen LogP contribution in [0.15, 0.2) is 0 Å². The lowest BCUT2D eigenvalue weighted by Crippen LogP contribution is -2.59. The number of ether oxygens (including phenoxy) is 2. The molecule has 0 aliphatic rings. The van der Waals surface area contributed by atoms with Gasteiger partial charge in [0.15, 0.2) is 0 Å². The van der Waals surface area contributed by atoms with Crippen molar-refractivity contribution in [1.29, 1.82) is 0 Å². The topological polar surface area (TPSA) is 24.9 Å². The molecule has 0 radical (unpaired) electrons. The average molecular weight is 465 g/mol. The van der Waals surface area contributed by atoms with Crippen molar-refractivity contribution in [3.8, 4) is 0 Å². The first-order chi connectivity index (χ1) is 12.7. The van der Waals surface area contributed by atoms with Gasteiger partial charge in [0.1, 0.15) is 24.7 Å². The fourth-order valence-electron chi connectivity index (χ4n) is 3.82. The van der Waals surface area contributed by atoms with E-state index in [0.717, 1.165) is 39.3 Å². The Labute approximate surface area is 182 Å². The fourth-order valence-corrected chi connectivity index (χ4v) is 18.7. The van der Waals surface area contributed by atoms with Crippen molar-refractivity contribution < 1.29 is 9.47 Å². The van der Waals surface area contributed by atoms with E-state index in [9.17, 15) is 0 Å². The van der Waals surface area contributed by atoms with Crippen LogP contribution in [0.3, 0.4) is 0 Å². The van der Waals surface area contributed by atoms with E-state index in [1.165, 1.54) is 19.3 Å². The first-order valence-corrected chi connectivity index (χ1v) is 24.8. The molecule has 0 heterocycles. The van der Waals surface area contributed by atoms with Gasteiger partial charge in [-0.1, -0.05) is 72.0 Å². The maximum absolute atomic E-state index is 5.83. The summed E-state index contributed by atoms with van der Waals surface area (Å²) in [5.74, 6) is 0. The van der Waals surface area contributed by atoms with Gasteiger partial charge in [0.2, 0.25) is 0 Å². The van der Waals surface area contributed by atoms with Gasteiger partial charge < -0.3 is 18.3 Å². The lowest BCUT2D eigenvalue weighted by atomic mass is 10.4. The third-order valence-corrected chi connectivity index (χ3v) is 16.5. The van der Waals surface area contributed by atoms with Crippen LogP contribution in [-0.2, 0) is 9.47 Å². The van der Waals surface area contributed by atoms with Crippen LogP contribution < -0.4 is 0 Å². The molecule has 0 unspecified atom stereocenters. The van der Waals surface area contributed by atoms with Crippen molar-refractivity contribution in [2.24, 2.45) is 0 Å². The van der Waals surface area contributed by atoms with Crippen LogP contribution in [-0.4, -0.2) is 88.0 Å². The highest BCUT2D eigenvalue weighted by Gasteiger charge is 2.33. The van der Waals surface area contributed by atoms with Gasteiger partial charge in [-0.15, -0.1) is 0 Å². The molecule has 170 valence electrons. The van der Waals surface area contributed by atoms with Crippen molar-refractivity contribution in [3.63, 3.8) is 0 Å². The maximum Gasteiger partial charge on any atom is 0.118 e. The van der Waals surface area contributed by atoms with E-state index in [1.54, 1.807) is 0 Å². The Bertz CT molecular complexity index is 390. The summed E-state index contributed by atoms with van der Waals surface area (Å²) < 4.78 is 17.2. The molecule has 0 aromatic carbocycles. The summed E-state index contributed by atoms with van der Waals surface area (Å²) in [4.78, 5) is 0. The zero-order valence-electron chi connectivity index (χ0n) is 21.2. The zero-order valence-corrected chi connectivity index (χ0v) is 25.3. The fraction of sp³-hybridized carbons (Fsp3) is 1.00. The molecular formula is C20H52N2O2Si4. The van der Waals surface area contributed by atoms with Gasteiger partial charge in [0.25, 0.3) is 0 Å². The summed E-state index contributed by atoms with van der Waals surface area (Å²) in [6, 6.07) is 0. The van der Waals surface area contributed by atoms with Gasteiger partial charge in [-0.25, -0.2) is 0 Å². The SMILES string of the molecule is C[SiH](C)CN(CCCOCCOCCCN([Si](C)(C)C)[Si](C)(C)C)[Si](C)(C)C. The molecule has 0 aromatic heterocycles. The summed E-state index contributed by atoms with van der Waals surface area (Å²) in [6.07, 6.45) is 3.64. The minimum absolute atomic E-state index is 0.538. The zero-order chi connectivity index (χ0) is 22.0. The predicted octanol–water partition coefficient (Wildman–Crippen LogP) is 4.93. The summed E-state index contributed by atoms with van der Waals surface area (Å²) in [5.41, 5.74) is 0. The molecule has 28 heavy (non-hydrogen) atoms. The van der Waals surface area contributed by atoms with E-state index in [-0.39, 0.29) is 0 Å². The summed E-state index contributed by atoms with van der Waals surface area (Å²) in [6.45, 7) is 32.7. The van der Waals surface area contributed by atoms with E-state index < -0.39 is 33.5 Å². The maximum atomic E-state index is 5.83. The molecule has 0 rings (SSSR count). The summed E-state index contributed by atoms with van der Waals surface area (Å²) >= 11 is 0. The largest absolute Gasteiger partial charge is 0.379 e. The minimum Gasteiger partial charge on any atom is -0.379 e. The Hall–Kier alpha value is 0.708. The molecule has 0 bridgehead atoms. The molecule has 4 nitrogen and oxygen atoms in total. The van der Waals surface area contributed by atoms with Gasteiger partial charge in [0, 0.05) is 22.0 Å². The number of nitrogens with zero attached hydrogens (tertiary/aromatic N) is 2. The van der Waals surface area contributed by atoms with Crippen molar-refractivity contribution in [2.45, 2.75) is 84.9 Å². The second-order valence-corrected chi connectivity index (χ2v) is 29.8. The summed E-state index contributed by atoms with van der Waals surface area (Å²) in [7, 11) is -4.18. The molecule has 0 saturated carbocycles. The van der Waals surface area contributed by atoms with Crippen LogP contribution in [0.4, 0.5) is 0 Å². The van der Waals surface area contributed by atoms with Gasteiger partial charge in [0.05, 0.1) is 13.2 Å². The number of hydrogen-bond donors (Lipinski definition) is 0. The van der Waals surface area contributed by atoms with Crippen LogP contribution in [0, 0.1) is 0 Å². The monoisotopic (exact) mass is 464 g/mol. The third kappa shape index (κ3) is 13.8. The van der Waals surface area contributed by atoms with E-state index in [2.05, 4.69) is 80.8 Å². The Morgan fingerprint density at radius 3 is 1.39 bits per heavy atom. The second kappa shape index (κ2) is 13.2. The predicted molar refractivity (Wildman–Crippen MR) is 138 cm³/mol. The van der Waals surface area contributed by atoms with Crippen molar-refractivity contribution in [3.05, 3.63) is 0 Å². The quantitative estimate of drug-likeness (QED) is 0.239. The van der Waals surface area contributed by atoms with E-state index >= 15 is 0 Å². The van der Waals surface area contributed by atoms with Gasteiger partial charge in [-0.05, 0) is 32.1 Å². The standard InChI is InChI=1S/C20H52N2O2Si4/c1-25(2)20-21(26(3,4)5)14-12-16-23-18-19-24-17-13-15-22(27(6,7)8)28(9,10)11/h25H,12-20H2,1-11H3. The third-order valence-electron chi connectivity index (χ3n) is 4.91. The molecule has 0 aromatic rings. The molecule has 0 atom stereocenters. The van der Waals surface area contributed by atoms with Crippen molar-refractivity contribution in [1.82, 2.24) is 8.80 Å². The highest BCUT2D eigenvalue weighted by Crippen LogP contribution is 2.19. The lowest BCUT2D eigenvalue weighted by Gasteiger charge is -2.43. The molecule has 0 saturated heterocycles. The molecule has 8 heteroatoms. The smallest absolute Gasteiger partial charge is 0.118 e. The molecule has 0 fully saturated rings. The minimum atomic E-state index is -1.23. The molecule has 0 aliphatic carbocycles. The average Bonchev–Trinajstić information content (AvgIpc) is 2.47. The van der Waals surface area contributed by atoms with Crippen molar-refractivity contribution in [2.75, 3.05) is 45.7 Å². The van der Waals surface area contributed by atoms with Crippen LogP contribution in [0.25, 0.3) is 0 Å². The Kier molecular flexibility index (Phi) is 13.5. The molecule has 0 N–H and O–H groups in total. The second-order valence-electron chi connectivity index (χ2n) is 11.4. The molecular weight excluding hydrogens is 413 g/mol. The van der Waals surface area contributed by atoms with Crippen molar-refractivity contribution >= 4 is 33.5 Å². The number of rotatable bonds is 16. The first kappa shape index (κ1) is 28.7. The van der Waals surface area contributed by atoms with E-state index in [0.29, 0.717) is 0 Å². The Balaban J connectivity index is 3.85. The normalized spacial score (nSPS) is 13.9. The van der Waals surface area contributed by atoms with Crippen LogP contribution in [0.2, 0.25) is 72.0 Å². The van der Waals surface area contributed by atoms with Gasteiger partial charge in [-0.2, -0.15) is 0 Å². The van der Waals surface area contributed by atoms with Crippen LogP contribution >= 0.6 is 0 Å². The molecule has 0 aliphatic heterocycles. The lowest BCUT2D eigenvalue weighted by molar-refractivity contribution is 0.0445. The highest BCUT2D eigenvalue weighted by molar-refractivity contribution is 6.89. The Morgan fingerprint density at radius 2 is 1.04 bits per heavy atom. The Morgan fingerprint density at radius 1 is 0.607 bits per heavy atom. The molecule has 0 amide bonds.